The molecule has 27 heavy (non-hydrogen) atoms. The molecular formula is C21H21FN2O3. The van der Waals surface area contributed by atoms with Crippen molar-refractivity contribution in [1.82, 2.24) is 9.88 Å². The number of piperidine rings is 1. The fourth-order valence-corrected chi connectivity index (χ4v) is 3.39. The Hall–Kier alpha value is -2.89. The second kappa shape index (κ2) is 7.78. The van der Waals surface area contributed by atoms with Gasteiger partial charge < -0.3 is 14.1 Å². The summed E-state index contributed by atoms with van der Waals surface area (Å²) < 4.78 is 24.2. The maximum Gasteiger partial charge on any atom is 0.225 e. The Labute approximate surface area is 156 Å². The Kier molecular flexibility index (Phi) is 5.05. The molecule has 1 fully saturated rings. The van der Waals surface area contributed by atoms with Gasteiger partial charge in [-0.1, -0.05) is 12.1 Å². The number of amides is 1. The highest BCUT2D eigenvalue weighted by atomic mass is 19.1. The molecule has 0 radical (unpaired) electrons. The van der Waals surface area contributed by atoms with Crippen LogP contribution in [0.15, 0.2) is 52.9 Å². The maximum absolute atomic E-state index is 12.9. The number of oxazole rings is 1. The molecule has 0 atom stereocenters. The third-order valence-electron chi connectivity index (χ3n) is 4.91. The summed E-state index contributed by atoms with van der Waals surface area (Å²) in [5, 5.41) is 0. The van der Waals surface area contributed by atoms with Gasteiger partial charge in [-0.2, -0.15) is 0 Å². The van der Waals surface area contributed by atoms with Gasteiger partial charge in [0, 0.05) is 19.0 Å². The Morgan fingerprint density at radius 2 is 1.89 bits per heavy atom. The first-order chi connectivity index (χ1) is 13.2. The van der Waals surface area contributed by atoms with E-state index < -0.39 is 0 Å². The molecule has 140 valence electrons. The minimum atomic E-state index is -0.305. The summed E-state index contributed by atoms with van der Waals surface area (Å²) in [6, 6.07) is 13.6. The zero-order valence-electron chi connectivity index (χ0n) is 14.9. The monoisotopic (exact) mass is 368 g/mol. The van der Waals surface area contributed by atoms with Gasteiger partial charge in [-0.25, -0.2) is 9.37 Å². The van der Waals surface area contributed by atoms with Crippen molar-refractivity contribution in [3.63, 3.8) is 0 Å². The number of carbonyl (C=O) groups excluding carboxylic acids is 1. The van der Waals surface area contributed by atoms with Gasteiger partial charge in [0.15, 0.2) is 11.5 Å². The Balaban J connectivity index is 1.25. The number of fused-ring (bicyclic) bond motifs is 1. The minimum Gasteiger partial charge on any atom is -0.493 e. The van der Waals surface area contributed by atoms with E-state index >= 15 is 0 Å². The Bertz CT molecular complexity index is 882. The van der Waals surface area contributed by atoms with Crippen molar-refractivity contribution in [2.24, 2.45) is 0 Å². The first kappa shape index (κ1) is 17.5. The third kappa shape index (κ3) is 4.10. The number of aromatic nitrogens is 1. The van der Waals surface area contributed by atoms with Crippen LogP contribution < -0.4 is 4.74 Å². The van der Waals surface area contributed by atoms with E-state index in [1.165, 1.54) is 12.1 Å². The first-order valence-electron chi connectivity index (χ1n) is 9.20. The average molecular weight is 368 g/mol. The van der Waals surface area contributed by atoms with E-state index in [2.05, 4.69) is 4.98 Å². The van der Waals surface area contributed by atoms with Crippen molar-refractivity contribution in [2.75, 3.05) is 19.7 Å². The summed E-state index contributed by atoms with van der Waals surface area (Å²) in [6.45, 7) is 1.67. The summed E-state index contributed by atoms with van der Waals surface area (Å²) in [7, 11) is 0. The number of nitrogens with zero attached hydrogens (tertiary/aromatic N) is 2. The molecule has 1 aliphatic heterocycles. The zero-order chi connectivity index (χ0) is 18.6. The summed E-state index contributed by atoms with van der Waals surface area (Å²) in [5.74, 6) is 1.35. The molecule has 1 saturated heterocycles. The number of benzene rings is 2. The first-order valence-corrected chi connectivity index (χ1v) is 9.20. The zero-order valence-corrected chi connectivity index (χ0v) is 14.9. The molecule has 0 aliphatic carbocycles. The van der Waals surface area contributed by atoms with Gasteiger partial charge in [0.2, 0.25) is 5.91 Å². The van der Waals surface area contributed by atoms with Crippen LogP contribution >= 0.6 is 0 Å². The molecule has 0 bridgehead atoms. The number of carbonyl (C=O) groups is 1. The van der Waals surface area contributed by atoms with E-state index in [0.29, 0.717) is 25.3 Å². The smallest absolute Gasteiger partial charge is 0.225 e. The molecule has 0 N–H and O–H groups in total. The summed E-state index contributed by atoms with van der Waals surface area (Å²) in [5.41, 5.74) is 1.69. The molecule has 1 aliphatic rings. The second-order valence-corrected chi connectivity index (χ2v) is 6.73. The lowest BCUT2D eigenvalue weighted by Gasteiger charge is -2.30. The van der Waals surface area contributed by atoms with Crippen molar-refractivity contribution >= 4 is 17.0 Å². The van der Waals surface area contributed by atoms with E-state index in [1.54, 1.807) is 12.1 Å². The van der Waals surface area contributed by atoms with E-state index in [-0.39, 0.29) is 24.2 Å². The van der Waals surface area contributed by atoms with Crippen LogP contribution in [0.2, 0.25) is 0 Å². The average Bonchev–Trinajstić information content (AvgIpc) is 3.14. The van der Waals surface area contributed by atoms with Crippen LogP contribution in [0, 0.1) is 5.82 Å². The van der Waals surface area contributed by atoms with E-state index in [4.69, 9.17) is 9.15 Å². The van der Waals surface area contributed by atoms with Crippen molar-refractivity contribution in [3.05, 3.63) is 60.2 Å². The molecular weight excluding hydrogens is 347 g/mol. The van der Waals surface area contributed by atoms with Crippen molar-refractivity contribution in [2.45, 2.75) is 25.2 Å². The largest absolute Gasteiger partial charge is 0.493 e. The highest BCUT2D eigenvalue weighted by molar-refractivity contribution is 5.76. The van der Waals surface area contributed by atoms with Crippen LogP contribution in [0.25, 0.3) is 11.1 Å². The quantitative estimate of drug-likeness (QED) is 0.679. The van der Waals surface area contributed by atoms with Gasteiger partial charge in [-0.15, -0.1) is 0 Å². The van der Waals surface area contributed by atoms with Gasteiger partial charge in [0.25, 0.3) is 0 Å². The molecule has 1 aromatic heterocycles. The Morgan fingerprint density at radius 1 is 1.15 bits per heavy atom. The highest BCUT2D eigenvalue weighted by Crippen LogP contribution is 2.30. The minimum absolute atomic E-state index is 0.0770. The molecule has 0 unspecified atom stereocenters. The lowest BCUT2D eigenvalue weighted by molar-refractivity contribution is -0.132. The Morgan fingerprint density at radius 3 is 2.63 bits per heavy atom. The fraction of sp³-hybridized carbons (Fsp3) is 0.333. The number of halogens is 1. The van der Waals surface area contributed by atoms with Crippen LogP contribution in [0.4, 0.5) is 4.39 Å². The van der Waals surface area contributed by atoms with Crippen LogP contribution in [-0.4, -0.2) is 35.5 Å². The number of likely N-dealkylation sites (tertiary alicyclic amines) is 1. The normalized spacial score (nSPS) is 15.2. The third-order valence-corrected chi connectivity index (χ3v) is 4.91. The van der Waals surface area contributed by atoms with E-state index in [9.17, 15) is 9.18 Å². The predicted octanol–water partition coefficient (Wildman–Crippen LogP) is 4.14. The standard InChI is InChI=1S/C21H21FN2O3/c22-16-5-7-17(8-6-16)26-14-11-20(25)24-12-9-15(10-13-24)21-23-18-3-1-2-4-19(18)27-21/h1-8,15H,9-14H2. The lowest BCUT2D eigenvalue weighted by Crippen LogP contribution is -2.38. The van der Waals surface area contributed by atoms with E-state index in [0.717, 1.165) is 29.8 Å². The van der Waals surface area contributed by atoms with E-state index in [1.807, 2.05) is 29.2 Å². The van der Waals surface area contributed by atoms with Gasteiger partial charge in [-0.05, 0) is 49.2 Å². The van der Waals surface area contributed by atoms with Gasteiger partial charge in [0.05, 0.1) is 13.0 Å². The van der Waals surface area contributed by atoms with Gasteiger partial charge in [0.1, 0.15) is 17.1 Å². The van der Waals surface area contributed by atoms with Crippen molar-refractivity contribution in [3.8, 4) is 5.75 Å². The summed E-state index contributed by atoms with van der Waals surface area (Å²) >= 11 is 0. The molecule has 1 amide bonds. The maximum atomic E-state index is 12.9. The topological polar surface area (TPSA) is 55.6 Å². The lowest BCUT2D eigenvalue weighted by atomic mass is 9.96. The molecule has 5 nitrogen and oxygen atoms in total. The van der Waals surface area contributed by atoms with Crippen LogP contribution in [0.5, 0.6) is 5.75 Å². The molecule has 4 rings (SSSR count). The van der Waals surface area contributed by atoms with Gasteiger partial charge in [-0.3, -0.25) is 4.79 Å². The SMILES string of the molecule is O=C(CCOc1ccc(F)cc1)N1CCC(c2nc3ccccc3o2)CC1. The number of para-hydroxylation sites is 2. The molecule has 0 spiro atoms. The molecule has 2 heterocycles. The molecule has 3 aromatic rings. The number of ether oxygens (including phenoxy) is 1. The molecule has 2 aromatic carbocycles. The summed E-state index contributed by atoms with van der Waals surface area (Å²) in [6.07, 6.45) is 2.00. The predicted molar refractivity (Wildman–Crippen MR) is 99.1 cm³/mol. The fourth-order valence-electron chi connectivity index (χ4n) is 3.39. The second-order valence-electron chi connectivity index (χ2n) is 6.73. The molecule has 0 saturated carbocycles. The molecule has 6 heteroatoms. The number of hydrogen-bond acceptors (Lipinski definition) is 4. The van der Waals surface area contributed by atoms with Crippen LogP contribution in [0.3, 0.4) is 0 Å². The highest BCUT2D eigenvalue weighted by Gasteiger charge is 2.26. The number of rotatable bonds is 5. The summed E-state index contributed by atoms with van der Waals surface area (Å²) in [4.78, 5) is 18.8. The number of hydrogen-bond donors (Lipinski definition) is 0. The van der Waals surface area contributed by atoms with Crippen molar-refractivity contribution < 1.29 is 18.3 Å². The van der Waals surface area contributed by atoms with Crippen LogP contribution in [0.1, 0.15) is 31.1 Å². The van der Waals surface area contributed by atoms with Crippen molar-refractivity contribution in [1.29, 1.82) is 0 Å². The van der Waals surface area contributed by atoms with Crippen LogP contribution in [-0.2, 0) is 4.79 Å². The van der Waals surface area contributed by atoms with Gasteiger partial charge >= 0.3 is 0 Å².